The maximum absolute atomic E-state index is 13.1. The molecule has 0 unspecified atom stereocenters. The number of guanidine groups is 1. The third-order valence-corrected chi connectivity index (χ3v) is 5.64. The number of carbonyl (C=O) groups excluding carboxylic acids is 2. The summed E-state index contributed by atoms with van der Waals surface area (Å²) in [4.78, 5) is 33.6. The molecule has 2 fully saturated rings. The monoisotopic (exact) mass is 442 g/mol. The molecular formula is C22H30N6O4. The molecule has 0 saturated carbocycles. The van der Waals surface area contributed by atoms with E-state index in [1.165, 1.54) is 7.11 Å². The normalized spacial score (nSPS) is 19.2. The molecule has 1 atom stereocenters. The number of hydrogen-bond donors (Lipinski definition) is 2. The minimum absolute atomic E-state index is 0.0145. The van der Waals surface area contributed by atoms with Crippen molar-refractivity contribution in [1.29, 1.82) is 5.26 Å². The number of rotatable bonds is 6. The van der Waals surface area contributed by atoms with Gasteiger partial charge in [-0.15, -0.1) is 0 Å². The van der Waals surface area contributed by atoms with Crippen LogP contribution in [0.25, 0.3) is 0 Å². The van der Waals surface area contributed by atoms with Crippen molar-refractivity contribution >= 4 is 23.5 Å². The number of nitriles is 1. The van der Waals surface area contributed by atoms with Crippen LogP contribution < -0.4 is 20.1 Å². The molecule has 2 saturated heterocycles. The van der Waals surface area contributed by atoms with Gasteiger partial charge in [0, 0.05) is 31.4 Å². The number of ether oxygens (including phenoxy) is 2. The zero-order valence-electron chi connectivity index (χ0n) is 18.6. The van der Waals surface area contributed by atoms with Crippen molar-refractivity contribution in [3.63, 3.8) is 0 Å². The summed E-state index contributed by atoms with van der Waals surface area (Å²) in [7, 11) is 3.08. The van der Waals surface area contributed by atoms with Gasteiger partial charge in [0.15, 0.2) is 17.7 Å². The lowest BCUT2D eigenvalue weighted by molar-refractivity contribution is -0.140. The molecule has 0 radical (unpaired) electrons. The van der Waals surface area contributed by atoms with Crippen LogP contribution in [0.15, 0.2) is 23.2 Å². The molecule has 32 heavy (non-hydrogen) atoms. The van der Waals surface area contributed by atoms with Crippen LogP contribution in [0.1, 0.15) is 32.1 Å². The Morgan fingerprint density at radius 3 is 2.56 bits per heavy atom. The van der Waals surface area contributed by atoms with Gasteiger partial charge in [0.05, 0.1) is 20.8 Å². The Bertz CT molecular complexity index is 891. The van der Waals surface area contributed by atoms with Crippen molar-refractivity contribution in [1.82, 2.24) is 15.1 Å². The van der Waals surface area contributed by atoms with E-state index in [-0.39, 0.29) is 24.3 Å². The molecule has 2 aliphatic rings. The lowest BCUT2D eigenvalue weighted by Gasteiger charge is -2.25. The fourth-order valence-electron chi connectivity index (χ4n) is 3.95. The lowest BCUT2D eigenvalue weighted by Crippen LogP contribution is -2.45. The van der Waals surface area contributed by atoms with E-state index < -0.39 is 6.04 Å². The van der Waals surface area contributed by atoms with Crippen LogP contribution in [0.5, 0.6) is 11.5 Å². The van der Waals surface area contributed by atoms with Crippen LogP contribution in [0.2, 0.25) is 0 Å². The van der Waals surface area contributed by atoms with Crippen molar-refractivity contribution in [3.05, 3.63) is 18.2 Å². The number of anilines is 1. The van der Waals surface area contributed by atoms with Crippen LogP contribution in [0, 0.1) is 11.5 Å². The number of amides is 2. The Morgan fingerprint density at radius 2 is 1.88 bits per heavy atom. The zero-order valence-corrected chi connectivity index (χ0v) is 18.6. The van der Waals surface area contributed by atoms with E-state index in [9.17, 15) is 9.59 Å². The maximum atomic E-state index is 13.1. The molecular weight excluding hydrogens is 412 g/mol. The number of aliphatic imine (C=N–C) groups is 1. The third kappa shape index (κ3) is 5.81. The summed E-state index contributed by atoms with van der Waals surface area (Å²) in [5.74, 6) is 1.04. The Morgan fingerprint density at radius 1 is 1.16 bits per heavy atom. The molecule has 0 aromatic heterocycles. The fraction of sp³-hybridized carbons (Fsp3) is 0.545. The van der Waals surface area contributed by atoms with Crippen molar-refractivity contribution < 1.29 is 19.1 Å². The van der Waals surface area contributed by atoms with E-state index >= 15 is 0 Å². The minimum atomic E-state index is -0.674. The first-order valence-corrected chi connectivity index (χ1v) is 10.8. The number of nitrogens with one attached hydrogen (secondary N) is 2. The van der Waals surface area contributed by atoms with Crippen molar-refractivity contribution in [2.24, 2.45) is 4.99 Å². The van der Waals surface area contributed by atoms with E-state index in [0.29, 0.717) is 30.2 Å². The molecule has 2 amide bonds. The van der Waals surface area contributed by atoms with Crippen molar-refractivity contribution in [2.75, 3.05) is 45.7 Å². The van der Waals surface area contributed by atoms with Gasteiger partial charge in [-0.3, -0.25) is 14.9 Å². The summed E-state index contributed by atoms with van der Waals surface area (Å²) < 4.78 is 10.5. The number of hydrogen-bond acceptors (Lipinski definition) is 6. The quantitative estimate of drug-likeness (QED) is 0.297. The standard InChI is InChI=1S/C22H30N6O4/c1-31-18-9-8-16(13-19(18)32-2)25-22(24-15-23)26-17-7-3-4-12-28(21(17)30)14-20(29)27-10-5-6-11-27/h8-9,13,17H,3-7,10-12,14H2,1-2H3,(H2,24,25,26)/t17-/m0/s1. The highest BCUT2D eigenvalue weighted by molar-refractivity contribution is 5.97. The SMILES string of the molecule is COc1ccc(NC(=N[C@H]2CCCCN(CC(=O)N3CCCC3)C2=O)NC#N)cc1OC. The lowest BCUT2D eigenvalue weighted by atomic mass is 10.1. The van der Waals surface area contributed by atoms with Gasteiger partial charge < -0.3 is 24.6 Å². The molecule has 0 aliphatic carbocycles. The number of nitrogens with zero attached hydrogens (tertiary/aromatic N) is 4. The molecule has 2 aliphatic heterocycles. The Labute approximate surface area is 188 Å². The first-order valence-electron chi connectivity index (χ1n) is 10.8. The Balaban J connectivity index is 1.74. The molecule has 172 valence electrons. The zero-order chi connectivity index (χ0) is 22.9. The summed E-state index contributed by atoms with van der Waals surface area (Å²) in [6.45, 7) is 2.13. The second-order valence-corrected chi connectivity index (χ2v) is 7.77. The first-order chi connectivity index (χ1) is 15.5. The molecule has 10 nitrogen and oxygen atoms in total. The molecule has 2 heterocycles. The third-order valence-electron chi connectivity index (χ3n) is 5.64. The summed E-state index contributed by atoms with van der Waals surface area (Å²) in [6.07, 6.45) is 6.06. The van der Waals surface area contributed by atoms with Gasteiger partial charge in [-0.1, -0.05) is 0 Å². The molecule has 10 heteroatoms. The van der Waals surface area contributed by atoms with Gasteiger partial charge in [0.25, 0.3) is 0 Å². The minimum Gasteiger partial charge on any atom is -0.493 e. The molecule has 1 aromatic carbocycles. The second kappa shape index (κ2) is 11.2. The van der Waals surface area contributed by atoms with E-state index in [1.807, 2.05) is 11.1 Å². The van der Waals surface area contributed by atoms with Crippen molar-refractivity contribution in [3.8, 4) is 17.7 Å². The van der Waals surface area contributed by atoms with Gasteiger partial charge in [0.1, 0.15) is 6.04 Å². The average Bonchev–Trinajstić information content (AvgIpc) is 3.29. The largest absolute Gasteiger partial charge is 0.493 e. The first kappa shape index (κ1) is 23.2. The van der Waals surface area contributed by atoms with Crippen LogP contribution in [0.3, 0.4) is 0 Å². The predicted molar refractivity (Wildman–Crippen MR) is 119 cm³/mol. The summed E-state index contributed by atoms with van der Waals surface area (Å²) in [6, 6.07) is 4.52. The molecule has 1 aromatic rings. The Hall–Kier alpha value is -3.48. The molecule has 3 rings (SSSR count). The smallest absolute Gasteiger partial charge is 0.247 e. The van der Waals surface area contributed by atoms with Gasteiger partial charge in [-0.05, 0) is 44.2 Å². The van der Waals surface area contributed by atoms with E-state index in [1.54, 1.807) is 30.2 Å². The van der Waals surface area contributed by atoms with Crippen LogP contribution >= 0.6 is 0 Å². The van der Waals surface area contributed by atoms with E-state index in [0.717, 1.165) is 38.8 Å². The highest BCUT2D eigenvalue weighted by Gasteiger charge is 2.30. The van der Waals surface area contributed by atoms with E-state index in [4.69, 9.17) is 14.7 Å². The van der Waals surface area contributed by atoms with Gasteiger partial charge >= 0.3 is 0 Å². The topological polar surface area (TPSA) is 119 Å². The maximum Gasteiger partial charge on any atom is 0.247 e. The van der Waals surface area contributed by atoms with E-state index in [2.05, 4.69) is 15.6 Å². The van der Waals surface area contributed by atoms with Crippen LogP contribution in [0.4, 0.5) is 5.69 Å². The average molecular weight is 443 g/mol. The van der Waals surface area contributed by atoms with Crippen LogP contribution in [-0.2, 0) is 9.59 Å². The molecule has 0 bridgehead atoms. The summed E-state index contributed by atoms with van der Waals surface area (Å²) >= 11 is 0. The highest BCUT2D eigenvalue weighted by Crippen LogP contribution is 2.29. The molecule has 0 spiro atoms. The van der Waals surface area contributed by atoms with Gasteiger partial charge in [-0.25, -0.2) is 4.99 Å². The summed E-state index contributed by atoms with van der Waals surface area (Å²) in [5.41, 5.74) is 0.617. The van der Waals surface area contributed by atoms with Gasteiger partial charge in [-0.2, -0.15) is 5.26 Å². The number of carbonyl (C=O) groups is 2. The summed E-state index contributed by atoms with van der Waals surface area (Å²) in [5, 5.41) is 14.7. The number of likely N-dealkylation sites (tertiary alicyclic amines) is 2. The molecule has 2 N–H and O–H groups in total. The predicted octanol–water partition coefficient (Wildman–Crippen LogP) is 1.55. The second-order valence-electron chi connectivity index (χ2n) is 7.77. The highest BCUT2D eigenvalue weighted by atomic mass is 16.5. The van der Waals surface area contributed by atoms with Crippen LogP contribution in [-0.4, -0.2) is 74.0 Å². The van der Waals surface area contributed by atoms with Crippen molar-refractivity contribution in [2.45, 2.75) is 38.1 Å². The fourth-order valence-corrected chi connectivity index (χ4v) is 3.95. The Kier molecular flexibility index (Phi) is 8.14. The number of methoxy groups -OCH3 is 2. The van der Waals surface area contributed by atoms with Gasteiger partial charge in [0.2, 0.25) is 17.8 Å². The number of benzene rings is 1.